The van der Waals surface area contributed by atoms with Gasteiger partial charge in [0.05, 0.1) is 25.2 Å². The first kappa shape index (κ1) is 56.3. The molecule has 0 aliphatic rings. The maximum atomic E-state index is 13.1. The molecule has 0 aromatic rings. The van der Waals surface area contributed by atoms with Crippen LogP contribution >= 0.6 is 0 Å². The highest BCUT2D eigenvalue weighted by atomic mass is 16.5. The lowest BCUT2D eigenvalue weighted by atomic mass is 10.0. The fourth-order valence-corrected chi connectivity index (χ4v) is 7.06. The molecule has 340 valence electrons. The Bertz CT molecular complexity index is 1110. The molecule has 0 aromatic carbocycles. The summed E-state index contributed by atoms with van der Waals surface area (Å²) in [5.41, 5.74) is 0. The number of ether oxygens (including phenoxy) is 1. The Morgan fingerprint density at radius 2 is 0.949 bits per heavy atom. The van der Waals surface area contributed by atoms with Crippen molar-refractivity contribution in [2.75, 3.05) is 6.61 Å². The summed E-state index contributed by atoms with van der Waals surface area (Å²) >= 11 is 0. The predicted octanol–water partition coefficient (Wildman–Crippen LogP) is 14.6. The van der Waals surface area contributed by atoms with Crippen molar-refractivity contribution < 1.29 is 24.5 Å². The fourth-order valence-electron chi connectivity index (χ4n) is 7.06. The molecule has 3 atom stereocenters. The summed E-state index contributed by atoms with van der Waals surface area (Å²) in [5.74, 6) is -0.566. The van der Waals surface area contributed by atoms with E-state index in [4.69, 9.17) is 4.74 Å². The number of aliphatic hydroxyl groups excluding tert-OH is 2. The van der Waals surface area contributed by atoms with Crippen LogP contribution in [0.2, 0.25) is 0 Å². The minimum absolute atomic E-state index is 0.0408. The van der Waals surface area contributed by atoms with Gasteiger partial charge in [0.2, 0.25) is 5.91 Å². The Morgan fingerprint density at radius 3 is 1.47 bits per heavy atom. The van der Waals surface area contributed by atoms with Crippen molar-refractivity contribution in [2.45, 2.75) is 244 Å². The van der Waals surface area contributed by atoms with Crippen LogP contribution in [0.15, 0.2) is 72.9 Å². The number of rotatable bonds is 43. The monoisotopic (exact) mass is 824 g/mol. The van der Waals surface area contributed by atoms with Crippen LogP contribution in [0.1, 0.15) is 226 Å². The van der Waals surface area contributed by atoms with Gasteiger partial charge in [-0.2, -0.15) is 0 Å². The molecule has 0 aliphatic heterocycles. The van der Waals surface area contributed by atoms with Gasteiger partial charge < -0.3 is 20.3 Å². The first-order valence-electron chi connectivity index (χ1n) is 24.7. The molecule has 6 nitrogen and oxygen atoms in total. The minimum Gasteiger partial charge on any atom is -0.462 e. The third-order valence-corrected chi connectivity index (χ3v) is 10.8. The molecule has 0 spiro atoms. The number of hydrogen-bond donors (Lipinski definition) is 3. The van der Waals surface area contributed by atoms with Crippen molar-refractivity contribution in [2.24, 2.45) is 0 Å². The van der Waals surface area contributed by atoms with Gasteiger partial charge in [-0.3, -0.25) is 9.59 Å². The van der Waals surface area contributed by atoms with Gasteiger partial charge >= 0.3 is 5.97 Å². The molecule has 0 saturated carbocycles. The summed E-state index contributed by atoms with van der Waals surface area (Å²) in [6, 6.07) is -0.719. The van der Waals surface area contributed by atoms with Gasteiger partial charge in [-0.15, -0.1) is 0 Å². The second-order valence-electron chi connectivity index (χ2n) is 16.5. The number of amides is 1. The molecule has 1 amide bonds. The van der Waals surface area contributed by atoms with Crippen molar-refractivity contribution in [3.05, 3.63) is 72.9 Å². The highest BCUT2D eigenvalue weighted by Gasteiger charge is 2.24. The Labute approximate surface area is 364 Å². The van der Waals surface area contributed by atoms with Crippen LogP contribution in [-0.2, 0) is 14.3 Å². The Kier molecular flexibility index (Phi) is 44.2. The summed E-state index contributed by atoms with van der Waals surface area (Å²) in [6.45, 7) is 6.27. The summed E-state index contributed by atoms with van der Waals surface area (Å²) in [5, 5.41) is 23.7. The van der Waals surface area contributed by atoms with E-state index in [2.05, 4.69) is 99.0 Å². The predicted molar refractivity (Wildman–Crippen MR) is 255 cm³/mol. The molecule has 59 heavy (non-hydrogen) atoms. The summed E-state index contributed by atoms with van der Waals surface area (Å²) < 4.78 is 5.86. The largest absolute Gasteiger partial charge is 0.462 e. The zero-order chi connectivity index (χ0) is 43.1. The van der Waals surface area contributed by atoms with E-state index in [0.717, 1.165) is 96.3 Å². The second-order valence-corrected chi connectivity index (χ2v) is 16.5. The number of carbonyl (C=O) groups is 2. The van der Waals surface area contributed by atoms with Crippen molar-refractivity contribution >= 4 is 11.9 Å². The first-order valence-corrected chi connectivity index (χ1v) is 24.7. The van der Waals surface area contributed by atoms with Crippen molar-refractivity contribution in [3.8, 4) is 0 Å². The highest BCUT2D eigenvalue weighted by Crippen LogP contribution is 2.17. The van der Waals surface area contributed by atoms with Gasteiger partial charge in [0.15, 0.2) is 0 Å². The lowest BCUT2D eigenvalue weighted by molar-refractivity contribution is -0.151. The number of allylic oxidation sites excluding steroid dienone is 12. The molecule has 6 heteroatoms. The Balaban J connectivity index is 4.53. The van der Waals surface area contributed by atoms with Gasteiger partial charge in [0, 0.05) is 6.42 Å². The van der Waals surface area contributed by atoms with Gasteiger partial charge in [-0.05, 0) is 83.5 Å². The van der Waals surface area contributed by atoms with Crippen LogP contribution in [0.4, 0.5) is 0 Å². The molecular formula is C53H93NO5. The average Bonchev–Trinajstić information content (AvgIpc) is 3.23. The van der Waals surface area contributed by atoms with Crippen LogP contribution in [0.25, 0.3) is 0 Å². The van der Waals surface area contributed by atoms with Gasteiger partial charge in [0.25, 0.3) is 0 Å². The number of hydrogen-bond acceptors (Lipinski definition) is 5. The number of carbonyl (C=O) groups excluding carboxylic acids is 2. The number of unbranched alkanes of at least 4 members (excludes halogenated alkanes) is 19. The first-order chi connectivity index (χ1) is 29.0. The Morgan fingerprint density at radius 1 is 0.508 bits per heavy atom. The third-order valence-electron chi connectivity index (χ3n) is 10.8. The van der Waals surface area contributed by atoms with Crippen LogP contribution in [-0.4, -0.2) is 46.9 Å². The van der Waals surface area contributed by atoms with Crippen molar-refractivity contribution in [1.82, 2.24) is 5.32 Å². The molecule has 0 rings (SSSR count). The molecule has 3 unspecified atom stereocenters. The standard InChI is InChI=1S/C53H93NO5/c1-4-7-10-13-16-19-21-23-25-26-28-30-32-34-37-40-43-46-53(58)59-49(44-41-38-35-18-15-12-9-6-3)47-52(57)54-50(48-55)51(56)45-42-39-36-33-31-29-27-24-22-20-17-14-11-8-5-2/h7,10,12,15-16,19,23,25,28,30,34,37,49-51,55-56H,4-6,8-9,11,13-14,17-18,20-22,24,26-27,29,31-33,35-36,38-48H2,1-3H3,(H,54,57)/b10-7-,15-12-,19-16-,25-23-,30-28-,37-34-. The maximum absolute atomic E-state index is 13.1. The van der Waals surface area contributed by atoms with E-state index in [1.54, 1.807) is 0 Å². The summed E-state index contributed by atoms with van der Waals surface area (Å²) in [7, 11) is 0. The van der Waals surface area contributed by atoms with E-state index in [-0.39, 0.29) is 24.9 Å². The summed E-state index contributed by atoms with van der Waals surface area (Å²) in [4.78, 5) is 26.0. The lowest BCUT2D eigenvalue weighted by Crippen LogP contribution is -2.46. The molecular weight excluding hydrogens is 731 g/mol. The van der Waals surface area contributed by atoms with Crippen LogP contribution in [0, 0.1) is 0 Å². The van der Waals surface area contributed by atoms with E-state index in [1.165, 1.54) is 77.0 Å². The zero-order valence-electron chi connectivity index (χ0n) is 38.6. The highest BCUT2D eigenvalue weighted by molar-refractivity contribution is 5.77. The molecule has 0 saturated heterocycles. The molecule has 0 fully saturated rings. The zero-order valence-corrected chi connectivity index (χ0v) is 38.6. The lowest BCUT2D eigenvalue weighted by Gasteiger charge is -2.24. The maximum Gasteiger partial charge on any atom is 0.306 e. The van der Waals surface area contributed by atoms with Gasteiger partial charge in [-0.25, -0.2) is 0 Å². The van der Waals surface area contributed by atoms with Crippen LogP contribution < -0.4 is 5.32 Å². The quantitative estimate of drug-likeness (QED) is 0.0323. The molecule has 0 bridgehead atoms. The van der Waals surface area contributed by atoms with E-state index in [0.29, 0.717) is 25.7 Å². The van der Waals surface area contributed by atoms with Crippen LogP contribution in [0.5, 0.6) is 0 Å². The molecule has 0 aliphatic carbocycles. The summed E-state index contributed by atoms with van der Waals surface area (Å²) in [6.07, 6.45) is 58.3. The minimum atomic E-state index is -0.802. The van der Waals surface area contributed by atoms with E-state index >= 15 is 0 Å². The number of nitrogens with one attached hydrogen (secondary N) is 1. The fraction of sp³-hybridized carbons (Fsp3) is 0.736. The molecule has 0 radical (unpaired) electrons. The van der Waals surface area contributed by atoms with Gasteiger partial charge in [0.1, 0.15) is 6.10 Å². The van der Waals surface area contributed by atoms with Crippen molar-refractivity contribution in [1.29, 1.82) is 0 Å². The average molecular weight is 824 g/mol. The van der Waals surface area contributed by atoms with Gasteiger partial charge in [-0.1, -0.05) is 203 Å². The second kappa shape index (κ2) is 46.4. The van der Waals surface area contributed by atoms with E-state index in [1.807, 2.05) is 0 Å². The molecule has 0 aromatic heterocycles. The molecule has 3 N–H and O–H groups in total. The number of aliphatic hydroxyl groups is 2. The molecule has 0 heterocycles. The smallest absolute Gasteiger partial charge is 0.306 e. The third kappa shape index (κ3) is 41.8. The van der Waals surface area contributed by atoms with Crippen molar-refractivity contribution in [3.63, 3.8) is 0 Å². The van der Waals surface area contributed by atoms with E-state index < -0.39 is 18.2 Å². The Hall–Kier alpha value is -2.70. The SMILES string of the molecule is CC/C=C\C/C=C\C/C=C\C/C=C\C/C=C\CCCC(=O)OC(CCCCC/C=C\CCC)CC(=O)NC(CO)C(O)CCCCCCCCCCCCCCCCC. The normalized spacial score (nSPS) is 13.9. The van der Waals surface area contributed by atoms with Crippen LogP contribution in [0.3, 0.4) is 0 Å². The topological polar surface area (TPSA) is 95.9 Å². The van der Waals surface area contributed by atoms with E-state index in [9.17, 15) is 19.8 Å². The number of esters is 1.